The molecule has 14 heavy (non-hydrogen) atoms. The summed E-state index contributed by atoms with van der Waals surface area (Å²) in [5.41, 5.74) is 6.50. The van der Waals surface area contributed by atoms with Crippen molar-refractivity contribution in [2.75, 3.05) is 0 Å². The molecule has 0 radical (unpaired) electrons. The summed E-state index contributed by atoms with van der Waals surface area (Å²) >= 11 is 6.04. The van der Waals surface area contributed by atoms with Gasteiger partial charge in [-0.25, -0.2) is 0 Å². The molecule has 3 nitrogen and oxygen atoms in total. The number of benzene rings is 1. The first-order valence-corrected chi connectivity index (χ1v) is 4.53. The fourth-order valence-corrected chi connectivity index (χ4v) is 2.00. The number of nitrogens with zero attached hydrogens (tertiary/aromatic N) is 1. The van der Waals surface area contributed by atoms with Gasteiger partial charge in [-0.2, -0.15) is 0 Å². The molecule has 4 heteroatoms. The van der Waals surface area contributed by atoms with Gasteiger partial charge in [-0.3, -0.25) is 4.79 Å². The molecule has 0 bridgehead atoms. The van der Waals surface area contributed by atoms with E-state index in [1.54, 1.807) is 11.6 Å². The monoisotopic (exact) mass is 208 g/mol. The van der Waals surface area contributed by atoms with Gasteiger partial charge in [0.25, 0.3) is 5.91 Å². The van der Waals surface area contributed by atoms with Gasteiger partial charge in [0.2, 0.25) is 0 Å². The number of aromatic nitrogens is 1. The van der Waals surface area contributed by atoms with Gasteiger partial charge in [-0.05, 0) is 6.07 Å². The molecule has 0 unspecified atom stereocenters. The molecule has 1 amide bonds. The lowest BCUT2D eigenvalue weighted by molar-refractivity contribution is 0.0993. The van der Waals surface area contributed by atoms with Crippen molar-refractivity contribution < 1.29 is 4.79 Å². The quantitative estimate of drug-likeness (QED) is 0.765. The van der Waals surface area contributed by atoms with E-state index in [-0.39, 0.29) is 0 Å². The molecule has 1 aromatic carbocycles. The van der Waals surface area contributed by atoms with E-state index in [9.17, 15) is 4.79 Å². The van der Waals surface area contributed by atoms with E-state index < -0.39 is 5.91 Å². The van der Waals surface area contributed by atoms with Gasteiger partial charge in [0.15, 0.2) is 0 Å². The molecule has 2 N–H and O–H groups in total. The van der Waals surface area contributed by atoms with Gasteiger partial charge in [-0.15, -0.1) is 0 Å². The van der Waals surface area contributed by atoms with Crippen molar-refractivity contribution in [3.63, 3.8) is 0 Å². The molecule has 0 fully saturated rings. The van der Waals surface area contributed by atoms with Gasteiger partial charge >= 0.3 is 0 Å². The smallest absolute Gasteiger partial charge is 0.266 e. The zero-order valence-electron chi connectivity index (χ0n) is 7.62. The predicted octanol–water partition coefficient (Wildman–Crippen LogP) is 1.93. The number of para-hydroxylation sites is 1. The Morgan fingerprint density at radius 2 is 2.07 bits per heavy atom. The summed E-state index contributed by atoms with van der Waals surface area (Å²) in [6.45, 7) is 0. The normalized spacial score (nSPS) is 10.7. The molecule has 0 aliphatic carbocycles. The van der Waals surface area contributed by atoms with Gasteiger partial charge in [0, 0.05) is 18.0 Å². The predicted molar refractivity (Wildman–Crippen MR) is 56.4 cm³/mol. The highest BCUT2D eigenvalue weighted by atomic mass is 35.5. The fraction of sp³-hybridized carbons (Fsp3) is 0.100. The second-order valence-corrected chi connectivity index (χ2v) is 3.48. The Bertz CT molecular complexity index is 477. The minimum Gasteiger partial charge on any atom is -0.364 e. The summed E-state index contributed by atoms with van der Waals surface area (Å²) in [4.78, 5) is 11.1. The average molecular weight is 209 g/mol. The second kappa shape index (κ2) is 3.03. The van der Waals surface area contributed by atoms with Crippen molar-refractivity contribution in [3.8, 4) is 0 Å². The maximum absolute atomic E-state index is 11.1. The molecule has 0 aliphatic heterocycles. The molecular formula is C10H9ClN2O. The Kier molecular flexibility index (Phi) is 1.97. The van der Waals surface area contributed by atoms with E-state index in [1.165, 1.54) is 0 Å². The van der Waals surface area contributed by atoms with Crippen LogP contribution in [0.3, 0.4) is 0 Å². The highest BCUT2D eigenvalue weighted by molar-refractivity contribution is 6.38. The Balaban J connectivity index is 2.92. The molecule has 1 heterocycles. The highest BCUT2D eigenvalue weighted by Gasteiger charge is 2.16. The number of hydrogen-bond donors (Lipinski definition) is 1. The number of halogens is 1. The van der Waals surface area contributed by atoms with Gasteiger partial charge < -0.3 is 10.3 Å². The summed E-state index contributed by atoms with van der Waals surface area (Å²) in [5.74, 6) is -0.506. The SMILES string of the molecule is Cn1c(C(N)=O)c(Cl)c2ccccc21. The third-order valence-electron chi connectivity index (χ3n) is 2.28. The highest BCUT2D eigenvalue weighted by Crippen LogP contribution is 2.29. The van der Waals surface area contributed by atoms with Crippen LogP contribution in [-0.2, 0) is 7.05 Å². The largest absolute Gasteiger partial charge is 0.364 e. The summed E-state index contributed by atoms with van der Waals surface area (Å²) in [5, 5.41) is 1.28. The molecule has 0 atom stereocenters. The summed E-state index contributed by atoms with van der Waals surface area (Å²) in [6, 6.07) is 7.53. The van der Waals surface area contributed by atoms with E-state index in [2.05, 4.69) is 0 Å². The van der Waals surface area contributed by atoms with Crippen LogP contribution < -0.4 is 5.73 Å². The van der Waals surface area contributed by atoms with E-state index in [1.807, 2.05) is 24.3 Å². The average Bonchev–Trinajstić information content (AvgIpc) is 2.41. The number of carbonyl (C=O) groups is 1. The van der Waals surface area contributed by atoms with Gasteiger partial charge in [-0.1, -0.05) is 29.8 Å². The van der Waals surface area contributed by atoms with Crippen LogP contribution in [0.4, 0.5) is 0 Å². The van der Waals surface area contributed by atoms with E-state index >= 15 is 0 Å². The molecule has 72 valence electrons. The van der Waals surface area contributed by atoms with Gasteiger partial charge in [0.05, 0.1) is 5.02 Å². The number of hydrogen-bond acceptors (Lipinski definition) is 1. The summed E-state index contributed by atoms with van der Waals surface area (Å²) in [7, 11) is 1.77. The van der Waals surface area contributed by atoms with Crippen molar-refractivity contribution in [2.45, 2.75) is 0 Å². The summed E-state index contributed by atoms with van der Waals surface area (Å²) < 4.78 is 1.71. The Hall–Kier alpha value is -1.48. The van der Waals surface area contributed by atoms with Crippen LogP contribution in [0.5, 0.6) is 0 Å². The van der Waals surface area contributed by atoms with Crippen LogP contribution in [0.2, 0.25) is 5.02 Å². The molecule has 2 rings (SSSR count). The number of nitrogens with two attached hydrogens (primary N) is 1. The van der Waals surface area contributed by atoms with Crippen LogP contribution in [0, 0.1) is 0 Å². The van der Waals surface area contributed by atoms with Crippen LogP contribution in [-0.4, -0.2) is 10.5 Å². The van der Waals surface area contributed by atoms with Crippen LogP contribution in [0.1, 0.15) is 10.5 Å². The molecule has 1 aromatic heterocycles. The summed E-state index contributed by atoms with van der Waals surface area (Å²) in [6.07, 6.45) is 0. The zero-order chi connectivity index (χ0) is 10.3. The lowest BCUT2D eigenvalue weighted by Crippen LogP contribution is -2.15. The number of aryl methyl sites for hydroxylation is 1. The van der Waals surface area contributed by atoms with Crippen molar-refractivity contribution in [3.05, 3.63) is 35.0 Å². The number of primary amides is 1. The minimum atomic E-state index is -0.506. The van der Waals surface area contributed by atoms with Crippen molar-refractivity contribution in [1.29, 1.82) is 0 Å². The molecule has 0 saturated heterocycles. The zero-order valence-corrected chi connectivity index (χ0v) is 8.38. The standard InChI is InChI=1S/C10H9ClN2O/c1-13-7-5-3-2-4-6(7)8(11)9(13)10(12)14/h2-5H,1H3,(H2,12,14). The topological polar surface area (TPSA) is 48.0 Å². The van der Waals surface area contributed by atoms with Crippen LogP contribution in [0.25, 0.3) is 10.9 Å². The number of carbonyl (C=O) groups excluding carboxylic acids is 1. The third-order valence-corrected chi connectivity index (χ3v) is 2.66. The maximum atomic E-state index is 11.1. The van der Waals surface area contributed by atoms with Crippen LogP contribution in [0.15, 0.2) is 24.3 Å². The number of fused-ring (bicyclic) bond motifs is 1. The molecule has 0 saturated carbocycles. The van der Waals surface area contributed by atoms with Crippen molar-refractivity contribution in [2.24, 2.45) is 12.8 Å². The lowest BCUT2D eigenvalue weighted by atomic mass is 10.2. The molecule has 0 spiro atoms. The molecular weight excluding hydrogens is 200 g/mol. The third kappa shape index (κ3) is 1.09. The first-order valence-electron chi connectivity index (χ1n) is 4.15. The molecule has 2 aromatic rings. The first-order chi connectivity index (χ1) is 6.63. The van der Waals surface area contributed by atoms with E-state index in [4.69, 9.17) is 17.3 Å². The van der Waals surface area contributed by atoms with E-state index in [0.717, 1.165) is 10.9 Å². The Morgan fingerprint density at radius 1 is 1.43 bits per heavy atom. The molecule has 0 aliphatic rings. The Labute approximate surface area is 86.1 Å². The lowest BCUT2D eigenvalue weighted by Gasteiger charge is -1.98. The minimum absolute atomic E-state index is 0.355. The maximum Gasteiger partial charge on any atom is 0.266 e. The van der Waals surface area contributed by atoms with Crippen LogP contribution >= 0.6 is 11.6 Å². The fourth-order valence-electron chi connectivity index (χ4n) is 1.62. The van der Waals surface area contributed by atoms with E-state index in [0.29, 0.717) is 10.7 Å². The van der Waals surface area contributed by atoms with Crippen molar-refractivity contribution in [1.82, 2.24) is 4.57 Å². The van der Waals surface area contributed by atoms with Gasteiger partial charge in [0.1, 0.15) is 5.69 Å². The second-order valence-electron chi connectivity index (χ2n) is 3.10. The Morgan fingerprint density at radius 3 is 2.64 bits per heavy atom. The number of amides is 1. The van der Waals surface area contributed by atoms with Crippen molar-refractivity contribution >= 4 is 28.4 Å². The number of rotatable bonds is 1. The first kappa shape index (κ1) is 9.09.